The number of carbonyl (C=O) groups is 1. The summed E-state index contributed by atoms with van der Waals surface area (Å²) in [6, 6.07) is 22.8. The average Bonchev–Trinajstić information content (AvgIpc) is 3.52. The highest BCUT2D eigenvalue weighted by molar-refractivity contribution is 7.09. The highest BCUT2D eigenvalue weighted by atomic mass is 32.1. The molecule has 0 spiro atoms. The minimum atomic E-state index is 0.00675. The molecule has 0 atom stereocenters. The molecule has 0 bridgehead atoms. The van der Waals surface area contributed by atoms with Gasteiger partial charge in [-0.05, 0) is 60.9 Å². The summed E-state index contributed by atoms with van der Waals surface area (Å²) in [5.74, 6) is 2.31. The molecule has 2 heterocycles. The van der Waals surface area contributed by atoms with Gasteiger partial charge in [-0.25, -0.2) is 4.98 Å². The molecule has 1 saturated heterocycles. The van der Waals surface area contributed by atoms with Crippen LogP contribution in [0.15, 0.2) is 72.1 Å². The summed E-state index contributed by atoms with van der Waals surface area (Å²) >= 11 is 1.56. The maximum Gasteiger partial charge on any atom is 0.273 e. The summed E-state index contributed by atoms with van der Waals surface area (Å²) in [5, 5.41) is 2.85. The van der Waals surface area contributed by atoms with E-state index in [0.717, 1.165) is 60.5 Å². The molecular formula is C34H40N4O4S. The number of aromatic nitrogens is 1. The lowest BCUT2D eigenvalue weighted by Gasteiger charge is -2.35. The van der Waals surface area contributed by atoms with Crippen molar-refractivity contribution in [2.24, 2.45) is 0 Å². The van der Waals surface area contributed by atoms with Gasteiger partial charge >= 0.3 is 0 Å². The summed E-state index contributed by atoms with van der Waals surface area (Å²) in [6.45, 7) is 7.32. The highest BCUT2D eigenvalue weighted by Gasteiger charge is 2.24. The third kappa shape index (κ3) is 7.86. The molecular weight excluding hydrogens is 560 g/mol. The third-order valence-electron chi connectivity index (χ3n) is 7.83. The molecule has 5 rings (SSSR count). The van der Waals surface area contributed by atoms with E-state index in [2.05, 4.69) is 59.2 Å². The van der Waals surface area contributed by atoms with Crippen LogP contribution >= 0.6 is 11.3 Å². The average molecular weight is 601 g/mol. The van der Waals surface area contributed by atoms with Crippen molar-refractivity contribution in [1.82, 2.24) is 14.8 Å². The molecule has 43 heavy (non-hydrogen) atoms. The number of hydrogen-bond donors (Lipinski definition) is 0. The van der Waals surface area contributed by atoms with Crippen LogP contribution in [0.25, 0.3) is 0 Å². The molecule has 1 aliphatic heterocycles. The second-order valence-corrected chi connectivity index (χ2v) is 11.7. The third-order valence-corrected chi connectivity index (χ3v) is 8.66. The number of nitrogens with zero attached hydrogens (tertiary/aromatic N) is 4. The summed E-state index contributed by atoms with van der Waals surface area (Å²) < 4.78 is 16.2. The summed E-state index contributed by atoms with van der Waals surface area (Å²) in [5.41, 5.74) is 5.35. The van der Waals surface area contributed by atoms with Crippen molar-refractivity contribution in [3.63, 3.8) is 0 Å². The Morgan fingerprint density at radius 2 is 1.53 bits per heavy atom. The predicted molar refractivity (Wildman–Crippen MR) is 172 cm³/mol. The fraction of sp³-hybridized carbons (Fsp3) is 0.353. The zero-order valence-electron chi connectivity index (χ0n) is 25.4. The second kappa shape index (κ2) is 14.4. The number of hydrogen-bond acceptors (Lipinski definition) is 8. The van der Waals surface area contributed by atoms with Gasteiger partial charge in [0.15, 0.2) is 11.5 Å². The van der Waals surface area contributed by atoms with Gasteiger partial charge in [0, 0.05) is 50.3 Å². The molecule has 0 unspecified atom stereocenters. The van der Waals surface area contributed by atoms with Crippen LogP contribution in [0.5, 0.6) is 17.2 Å². The minimum Gasteiger partial charge on any atom is -0.497 e. The van der Waals surface area contributed by atoms with Gasteiger partial charge in [-0.15, -0.1) is 11.3 Å². The predicted octanol–water partition coefficient (Wildman–Crippen LogP) is 5.68. The monoisotopic (exact) mass is 600 g/mol. The van der Waals surface area contributed by atoms with Crippen LogP contribution in [0, 0.1) is 6.92 Å². The van der Waals surface area contributed by atoms with Crippen LogP contribution in [0.2, 0.25) is 0 Å². The number of carbonyl (C=O) groups excluding carboxylic acids is 1. The number of amides is 1. The molecule has 1 aliphatic rings. The second-order valence-electron chi connectivity index (χ2n) is 10.7. The smallest absolute Gasteiger partial charge is 0.273 e. The molecule has 0 radical (unpaired) electrons. The van der Waals surface area contributed by atoms with Gasteiger partial charge in [-0.1, -0.05) is 35.9 Å². The van der Waals surface area contributed by atoms with Gasteiger partial charge in [0.2, 0.25) is 0 Å². The number of piperazine rings is 1. The van der Waals surface area contributed by atoms with E-state index < -0.39 is 0 Å². The van der Waals surface area contributed by atoms with Crippen LogP contribution in [-0.4, -0.2) is 74.7 Å². The molecule has 1 fully saturated rings. The molecule has 8 nitrogen and oxygen atoms in total. The van der Waals surface area contributed by atoms with E-state index in [0.29, 0.717) is 25.3 Å². The van der Waals surface area contributed by atoms with Crippen LogP contribution in [-0.2, 0) is 19.5 Å². The Hall–Kier alpha value is -4.08. The van der Waals surface area contributed by atoms with Gasteiger partial charge in [0.05, 0.1) is 27.9 Å². The largest absolute Gasteiger partial charge is 0.497 e. The first-order valence-electron chi connectivity index (χ1n) is 14.6. The summed E-state index contributed by atoms with van der Waals surface area (Å²) in [7, 11) is 4.98. The highest BCUT2D eigenvalue weighted by Crippen LogP contribution is 2.28. The van der Waals surface area contributed by atoms with E-state index in [1.807, 2.05) is 34.5 Å². The van der Waals surface area contributed by atoms with Crippen LogP contribution in [0.1, 0.15) is 32.2 Å². The first-order chi connectivity index (χ1) is 20.9. The van der Waals surface area contributed by atoms with Gasteiger partial charge < -0.3 is 24.0 Å². The lowest BCUT2D eigenvalue weighted by molar-refractivity contribution is 0.0741. The zero-order chi connectivity index (χ0) is 30.2. The Labute approximate surface area is 258 Å². The Morgan fingerprint density at radius 3 is 2.21 bits per heavy atom. The van der Waals surface area contributed by atoms with E-state index in [9.17, 15) is 4.79 Å². The SMILES string of the molecule is COc1ccc(N2CCN(C(=O)c3csc(CN(CCc4ccc(OC)c(OC)c4)Cc4ccc(C)cc4)n3)CC2)cc1. The number of rotatable bonds is 12. The normalized spacial score (nSPS) is 13.3. The van der Waals surface area contributed by atoms with Gasteiger partial charge in [-0.2, -0.15) is 0 Å². The molecule has 226 valence electrons. The van der Waals surface area contributed by atoms with E-state index in [1.54, 1.807) is 32.7 Å². The number of benzene rings is 3. The standard InChI is InChI=1S/C34H40N4O4S/c1-25-5-7-27(8-6-25)22-36(16-15-26-9-14-31(41-3)32(21-26)42-4)23-33-35-30(24-43-33)34(39)38-19-17-37(18-20-38)28-10-12-29(40-2)13-11-28/h5-14,21,24H,15-20,22-23H2,1-4H3. The fourth-order valence-electron chi connectivity index (χ4n) is 5.28. The Bertz CT molecular complexity index is 1480. The van der Waals surface area contributed by atoms with Crippen molar-refractivity contribution in [1.29, 1.82) is 0 Å². The molecule has 0 saturated carbocycles. The van der Waals surface area contributed by atoms with Gasteiger partial charge in [-0.3, -0.25) is 9.69 Å². The zero-order valence-corrected chi connectivity index (χ0v) is 26.2. The number of aryl methyl sites for hydroxylation is 1. The van der Waals surface area contributed by atoms with Crippen molar-refractivity contribution in [2.75, 3.05) is 59.0 Å². The van der Waals surface area contributed by atoms with Gasteiger partial charge in [0.25, 0.3) is 5.91 Å². The van der Waals surface area contributed by atoms with Crippen molar-refractivity contribution < 1.29 is 19.0 Å². The van der Waals surface area contributed by atoms with Crippen molar-refractivity contribution in [2.45, 2.75) is 26.4 Å². The molecule has 9 heteroatoms. The van der Waals surface area contributed by atoms with Gasteiger partial charge in [0.1, 0.15) is 16.5 Å². The lowest BCUT2D eigenvalue weighted by Crippen LogP contribution is -2.48. The van der Waals surface area contributed by atoms with Crippen molar-refractivity contribution in [3.8, 4) is 17.2 Å². The van der Waals surface area contributed by atoms with Crippen LogP contribution in [0.3, 0.4) is 0 Å². The molecule has 0 aliphatic carbocycles. The molecule has 1 aromatic heterocycles. The van der Waals surface area contributed by atoms with E-state index >= 15 is 0 Å². The Kier molecular flexibility index (Phi) is 10.2. The Morgan fingerprint density at radius 1 is 0.837 bits per heavy atom. The lowest BCUT2D eigenvalue weighted by atomic mass is 10.1. The topological polar surface area (TPSA) is 67.4 Å². The minimum absolute atomic E-state index is 0.00675. The van der Waals surface area contributed by atoms with Crippen molar-refractivity contribution in [3.05, 3.63) is 99.5 Å². The van der Waals surface area contributed by atoms with E-state index in [-0.39, 0.29) is 5.91 Å². The number of methoxy groups -OCH3 is 3. The maximum atomic E-state index is 13.4. The maximum absolute atomic E-state index is 13.4. The Balaban J connectivity index is 1.22. The number of anilines is 1. The first kappa shape index (κ1) is 30.4. The van der Waals surface area contributed by atoms with Crippen molar-refractivity contribution >= 4 is 22.9 Å². The fourth-order valence-corrected chi connectivity index (χ4v) is 6.09. The summed E-state index contributed by atoms with van der Waals surface area (Å²) in [4.78, 5) is 24.8. The number of ether oxygens (including phenoxy) is 3. The van der Waals surface area contributed by atoms with Crippen LogP contribution < -0.4 is 19.1 Å². The summed E-state index contributed by atoms with van der Waals surface area (Å²) in [6.07, 6.45) is 0.849. The molecule has 3 aromatic carbocycles. The first-order valence-corrected chi connectivity index (χ1v) is 15.4. The molecule has 4 aromatic rings. The van der Waals surface area contributed by atoms with E-state index in [4.69, 9.17) is 19.2 Å². The quantitative estimate of drug-likeness (QED) is 0.207. The molecule has 0 N–H and O–H groups in total. The van der Waals surface area contributed by atoms with E-state index in [1.165, 1.54) is 16.7 Å². The molecule has 1 amide bonds. The van der Waals surface area contributed by atoms with Crippen LogP contribution in [0.4, 0.5) is 5.69 Å². The number of thiazole rings is 1.